The predicted molar refractivity (Wildman–Crippen MR) is 71.2 cm³/mol. The Morgan fingerprint density at radius 1 is 1.35 bits per heavy atom. The molecule has 0 radical (unpaired) electrons. The van der Waals surface area contributed by atoms with Crippen molar-refractivity contribution in [3.05, 3.63) is 34.9 Å². The highest BCUT2D eigenvalue weighted by molar-refractivity contribution is 5.33. The van der Waals surface area contributed by atoms with Gasteiger partial charge in [0.1, 0.15) is 0 Å². The normalized spacial score (nSPS) is 21.7. The minimum absolute atomic E-state index is 0.402. The molecule has 0 bridgehead atoms. The number of hydrogen-bond donors (Lipinski definition) is 1. The van der Waals surface area contributed by atoms with Crippen LogP contribution in [0.4, 0.5) is 0 Å². The van der Waals surface area contributed by atoms with Crippen LogP contribution in [0.1, 0.15) is 36.5 Å². The van der Waals surface area contributed by atoms with E-state index in [4.69, 9.17) is 4.74 Å². The van der Waals surface area contributed by atoms with Crippen molar-refractivity contribution in [1.82, 2.24) is 5.32 Å². The topological polar surface area (TPSA) is 21.3 Å². The standard InChI is InChI=1S/C15H23NO/c1-11-6-4-7-12(2)14(11)10-16-13(3)15-8-5-9-17-15/h4,6-7,13,15-16H,5,8-10H2,1-3H3. The number of nitrogens with one attached hydrogen (secondary N) is 1. The van der Waals surface area contributed by atoms with E-state index < -0.39 is 0 Å². The molecule has 2 unspecified atom stereocenters. The fraction of sp³-hybridized carbons (Fsp3) is 0.600. The summed E-state index contributed by atoms with van der Waals surface area (Å²) in [4.78, 5) is 0. The van der Waals surface area contributed by atoms with Crippen LogP contribution < -0.4 is 5.32 Å². The van der Waals surface area contributed by atoms with Crippen LogP contribution in [0.25, 0.3) is 0 Å². The van der Waals surface area contributed by atoms with Crippen molar-refractivity contribution in [3.63, 3.8) is 0 Å². The monoisotopic (exact) mass is 233 g/mol. The van der Waals surface area contributed by atoms with Crippen molar-refractivity contribution >= 4 is 0 Å². The molecule has 0 spiro atoms. The lowest BCUT2D eigenvalue weighted by Gasteiger charge is -2.21. The molecule has 0 aromatic heterocycles. The van der Waals surface area contributed by atoms with Gasteiger partial charge in [-0.05, 0) is 50.3 Å². The Bertz CT molecular complexity index is 349. The Morgan fingerprint density at radius 3 is 2.65 bits per heavy atom. The van der Waals surface area contributed by atoms with E-state index >= 15 is 0 Å². The highest BCUT2D eigenvalue weighted by atomic mass is 16.5. The van der Waals surface area contributed by atoms with E-state index in [0.29, 0.717) is 12.1 Å². The van der Waals surface area contributed by atoms with Crippen molar-refractivity contribution in [3.8, 4) is 0 Å². The molecule has 2 heteroatoms. The van der Waals surface area contributed by atoms with Gasteiger partial charge in [-0.3, -0.25) is 0 Å². The quantitative estimate of drug-likeness (QED) is 0.863. The van der Waals surface area contributed by atoms with Crippen LogP contribution in [0.3, 0.4) is 0 Å². The summed E-state index contributed by atoms with van der Waals surface area (Å²) in [5.74, 6) is 0. The Morgan fingerprint density at radius 2 is 2.06 bits per heavy atom. The lowest BCUT2D eigenvalue weighted by atomic mass is 10.0. The highest BCUT2D eigenvalue weighted by Gasteiger charge is 2.21. The zero-order chi connectivity index (χ0) is 12.3. The molecule has 0 aliphatic carbocycles. The van der Waals surface area contributed by atoms with E-state index in [-0.39, 0.29) is 0 Å². The van der Waals surface area contributed by atoms with Gasteiger partial charge in [0.2, 0.25) is 0 Å². The molecule has 2 nitrogen and oxygen atoms in total. The SMILES string of the molecule is Cc1cccc(C)c1CNC(C)C1CCCO1. The van der Waals surface area contributed by atoms with Crippen molar-refractivity contribution in [2.24, 2.45) is 0 Å². The van der Waals surface area contributed by atoms with Crippen LogP contribution in [0.2, 0.25) is 0 Å². The molecule has 17 heavy (non-hydrogen) atoms. The molecule has 0 saturated carbocycles. The predicted octanol–water partition coefficient (Wildman–Crippen LogP) is 2.96. The maximum Gasteiger partial charge on any atom is 0.0726 e. The average molecular weight is 233 g/mol. The van der Waals surface area contributed by atoms with E-state index in [9.17, 15) is 0 Å². The molecule has 1 aliphatic heterocycles. The molecule has 1 aromatic rings. The van der Waals surface area contributed by atoms with E-state index in [0.717, 1.165) is 13.2 Å². The molecular weight excluding hydrogens is 210 g/mol. The number of benzene rings is 1. The fourth-order valence-electron chi connectivity index (χ4n) is 2.52. The third kappa shape index (κ3) is 3.08. The zero-order valence-corrected chi connectivity index (χ0v) is 11.1. The molecule has 1 saturated heterocycles. The van der Waals surface area contributed by atoms with Crippen LogP contribution in [0, 0.1) is 13.8 Å². The van der Waals surface area contributed by atoms with E-state index in [2.05, 4.69) is 44.3 Å². The average Bonchev–Trinajstić information content (AvgIpc) is 2.81. The maximum absolute atomic E-state index is 5.70. The van der Waals surface area contributed by atoms with Gasteiger partial charge in [0.15, 0.2) is 0 Å². The van der Waals surface area contributed by atoms with Gasteiger partial charge < -0.3 is 10.1 Å². The van der Waals surface area contributed by atoms with Gasteiger partial charge in [-0.2, -0.15) is 0 Å². The highest BCUT2D eigenvalue weighted by Crippen LogP contribution is 2.17. The van der Waals surface area contributed by atoms with Crippen LogP contribution in [-0.2, 0) is 11.3 Å². The van der Waals surface area contributed by atoms with Crippen LogP contribution in [0.5, 0.6) is 0 Å². The molecule has 1 heterocycles. The molecular formula is C15H23NO. The van der Waals surface area contributed by atoms with Crippen LogP contribution in [-0.4, -0.2) is 18.8 Å². The molecule has 94 valence electrons. The smallest absolute Gasteiger partial charge is 0.0726 e. The number of rotatable bonds is 4. The third-order valence-corrected chi connectivity index (χ3v) is 3.77. The summed E-state index contributed by atoms with van der Waals surface area (Å²) < 4.78 is 5.70. The summed E-state index contributed by atoms with van der Waals surface area (Å²) in [5, 5.41) is 3.60. The first kappa shape index (κ1) is 12.6. The van der Waals surface area contributed by atoms with Gasteiger partial charge in [-0.25, -0.2) is 0 Å². The van der Waals surface area contributed by atoms with E-state index in [1.807, 2.05) is 0 Å². The summed E-state index contributed by atoms with van der Waals surface area (Å²) in [5.41, 5.74) is 4.17. The minimum atomic E-state index is 0.402. The molecule has 1 fully saturated rings. The second kappa shape index (κ2) is 5.65. The molecule has 2 rings (SSSR count). The number of aryl methyl sites for hydroxylation is 2. The number of hydrogen-bond acceptors (Lipinski definition) is 2. The van der Waals surface area contributed by atoms with Gasteiger partial charge in [0, 0.05) is 19.2 Å². The molecule has 0 amide bonds. The summed E-state index contributed by atoms with van der Waals surface area (Å²) >= 11 is 0. The van der Waals surface area contributed by atoms with Crippen LogP contribution >= 0.6 is 0 Å². The van der Waals surface area contributed by atoms with Crippen molar-refractivity contribution in [1.29, 1.82) is 0 Å². The summed E-state index contributed by atoms with van der Waals surface area (Å²) in [6.45, 7) is 8.46. The van der Waals surface area contributed by atoms with E-state index in [1.54, 1.807) is 0 Å². The maximum atomic E-state index is 5.70. The lowest BCUT2D eigenvalue weighted by molar-refractivity contribution is 0.0831. The molecule has 2 atom stereocenters. The molecule has 1 aliphatic rings. The first-order valence-electron chi connectivity index (χ1n) is 6.58. The third-order valence-electron chi connectivity index (χ3n) is 3.77. The van der Waals surface area contributed by atoms with Crippen molar-refractivity contribution in [2.75, 3.05) is 6.61 Å². The Kier molecular flexibility index (Phi) is 4.19. The first-order valence-corrected chi connectivity index (χ1v) is 6.58. The van der Waals surface area contributed by atoms with Gasteiger partial charge >= 0.3 is 0 Å². The van der Waals surface area contributed by atoms with Gasteiger partial charge in [-0.15, -0.1) is 0 Å². The largest absolute Gasteiger partial charge is 0.377 e. The van der Waals surface area contributed by atoms with Crippen LogP contribution in [0.15, 0.2) is 18.2 Å². The molecule has 1 aromatic carbocycles. The second-order valence-corrected chi connectivity index (χ2v) is 5.09. The Balaban J connectivity index is 1.92. The van der Waals surface area contributed by atoms with Crippen molar-refractivity contribution in [2.45, 2.75) is 52.3 Å². The van der Waals surface area contributed by atoms with Gasteiger partial charge in [0.25, 0.3) is 0 Å². The minimum Gasteiger partial charge on any atom is -0.377 e. The van der Waals surface area contributed by atoms with Gasteiger partial charge in [0.05, 0.1) is 6.10 Å². The van der Waals surface area contributed by atoms with E-state index in [1.165, 1.54) is 29.5 Å². The fourth-order valence-corrected chi connectivity index (χ4v) is 2.52. The molecule has 1 N–H and O–H groups in total. The zero-order valence-electron chi connectivity index (χ0n) is 11.1. The van der Waals surface area contributed by atoms with Crippen molar-refractivity contribution < 1.29 is 4.74 Å². The number of ether oxygens (including phenoxy) is 1. The first-order chi connectivity index (χ1) is 8.18. The Labute approximate surface area is 104 Å². The second-order valence-electron chi connectivity index (χ2n) is 5.09. The lowest BCUT2D eigenvalue weighted by Crippen LogP contribution is -2.36. The Hall–Kier alpha value is -0.860. The summed E-state index contributed by atoms with van der Waals surface area (Å²) in [6.07, 6.45) is 2.81. The summed E-state index contributed by atoms with van der Waals surface area (Å²) in [7, 11) is 0. The van der Waals surface area contributed by atoms with Gasteiger partial charge in [-0.1, -0.05) is 18.2 Å². The summed E-state index contributed by atoms with van der Waals surface area (Å²) in [6, 6.07) is 6.93.